The summed E-state index contributed by atoms with van der Waals surface area (Å²) >= 11 is 1.66. The topological polar surface area (TPSA) is 39.9 Å². The molecule has 2 rings (SSSR count). The van der Waals surface area contributed by atoms with Gasteiger partial charge in [0.25, 0.3) is 0 Å². The first-order chi connectivity index (χ1) is 8.78. The van der Waals surface area contributed by atoms with Crippen molar-refractivity contribution in [3.8, 4) is 11.4 Å². The number of hydrogen-bond donors (Lipinski definition) is 0. The summed E-state index contributed by atoms with van der Waals surface area (Å²) in [5.74, 6) is 2.81. The molecule has 0 saturated carbocycles. The van der Waals surface area contributed by atoms with Gasteiger partial charge in [-0.05, 0) is 30.0 Å². The Morgan fingerprint density at radius 3 is 2.42 bits per heavy atom. The van der Waals surface area contributed by atoms with Crippen molar-refractivity contribution in [3.05, 3.63) is 30.1 Å². The van der Waals surface area contributed by atoms with Crippen LogP contribution in [0.3, 0.4) is 0 Å². The van der Waals surface area contributed by atoms with E-state index in [2.05, 4.69) is 23.9 Å². The lowest BCUT2D eigenvalue weighted by Crippen LogP contribution is -2.01. The first kappa shape index (κ1) is 15.9. The summed E-state index contributed by atoms with van der Waals surface area (Å²) in [6.45, 7) is 4.19. The predicted octanol–water partition coefficient (Wildman–Crippen LogP) is 3.37. The normalized spacial score (nSPS) is 10.1. The summed E-state index contributed by atoms with van der Waals surface area (Å²) in [6.07, 6.45) is 0.864. The summed E-state index contributed by atoms with van der Waals surface area (Å²) in [5, 5.41) is 5.36. The van der Waals surface area contributed by atoms with Crippen LogP contribution in [0.15, 0.2) is 29.4 Å². The van der Waals surface area contributed by atoms with Gasteiger partial charge in [0, 0.05) is 6.42 Å². The fourth-order valence-corrected chi connectivity index (χ4v) is 2.24. The Balaban J connectivity index is 0.00000180. The Bertz CT molecular complexity index is 513. The molecule has 0 N–H and O–H groups in total. The van der Waals surface area contributed by atoms with Crippen LogP contribution in [0.1, 0.15) is 19.7 Å². The van der Waals surface area contributed by atoms with E-state index in [0.29, 0.717) is 0 Å². The quantitative estimate of drug-likeness (QED) is 0.794. The molecule has 0 spiro atoms. The van der Waals surface area contributed by atoms with E-state index in [0.717, 1.165) is 34.6 Å². The molecule has 0 saturated heterocycles. The number of benzene rings is 1. The highest BCUT2D eigenvalue weighted by Crippen LogP contribution is 2.19. The van der Waals surface area contributed by atoms with E-state index in [1.807, 2.05) is 28.9 Å². The van der Waals surface area contributed by atoms with Crippen LogP contribution >= 0.6 is 24.2 Å². The van der Waals surface area contributed by atoms with Crippen molar-refractivity contribution in [1.82, 2.24) is 14.8 Å². The molecule has 0 aliphatic carbocycles. The molecular formula is C13H18ClN3OS. The minimum atomic E-state index is 0. The number of methoxy groups -OCH3 is 1. The smallest absolute Gasteiger partial charge is 0.209 e. The third kappa shape index (κ3) is 3.64. The van der Waals surface area contributed by atoms with Gasteiger partial charge in [-0.25, -0.2) is 9.67 Å². The van der Waals surface area contributed by atoms with Crippen molar-refractivity contribution in [3.63, 3.8) is 0 Å². The van der Waals surface area contributed by atoms with Gasteiger partial charge in [-0.2, -0.15) is 0 Å². The summed E-state index contributed by atoms with van der Waals surface area (Å²) in [6, 6.07) is 7.85. The molecule has 1 heterocycles. The van der Waals surface area contributed by atoms with Gasteiger partial charge in [0.15, 0.2) is 0 Å². The minimum Gasteiger partial charge on any atom is -0.497 e. The highest BCUT2D eigenvalue weighted by atomic mass is 35.5. The Kier molecular flexibility index (Phi) is 6.18. The van der Waals surface area contributed by atoms with Gasteiger partial charge in [-0.1, -0.05) is 25.6 Å². The van der Waals surface area contributed by atoms with Crippen LogP contribution < -0.4 is 4.74 Å². The molecular weight excluding hydrogens is 282 g/mol. The third-order valence-electron chi connectivity index (χ3n) is 2.56. The maximum atomic E-state index is 5.16. The predicted molar refractivity (Wildman–Crippen MR) is 80.9 cm³/mol. The largest absolute Gasteiger partial charge is 0.497 e. The van der Waals surface area contributed by atoms with Crippen molar-refractivity contribution in [2.45, 2.75) is 25.4 Å². The molecule has 0 unspecified atom stereocenters. The zero-order valence-electron chi connectivity index (χ0n) is 11.3. The molecule has 104 valence electrons. The van der Waals surface area contributed by atoms with Crippen LogP contribution in [-0.4, -0.2) is 27.6 Å². The Morgan fingerprint density at radius 1 is 1.21 bits per heavy atom. The number of thioether (sulfide) groups is 1. The monoisotopic (exact) mass is 299 g/mol. The first-order valence-corrected chi connectivity index (χ1v) is 7.00. The molecule has 1 aromatic carbocycles. The van der Waals surface area contributed by atoms with Crippen molar-refractivity contribution in [2.24, 2.45) is 0 Å². The van der Waals surface area contributed by atoms with Gasteiger partial charge in [0.2, 0.25) is 5.16 Å². The van der Waals surface area contributed by atoms with Gasteiger partial charge in [0.1, 0.15) is 11.6 Å². The van der Waals surface area contributed by atoms with Gasteiger partial charge >= 0.3 is 0 Å². The number of aryl methyl sites for hydroxylation is 1. The minimum absolute atomic E-state index is 0. The van der Waals surface area contributed by atoms with E-state index in [9.17, 15) is 0 Å². The molecule has 0 radical (unpaired) electrons. The van der Waals surface area contributed by atoms with E-state index in [4.69, 9.17) is 4.74 Å². The zero-order chi connectivity index (χ0) is 13.0. The molecule has 0 amide bonds. The Hall–Kier alpha value is -1.20. The molecule has 4 nitrogen and oxygen atoms in total. The van der Waals surface area contributed by atoms with E-state index >= 15 is 0 Å². The van der Waals surface area contributed by atoms with Gasteiger partial charge in [-0.3, -0.25) is 0 Å². The van der Waals surface area contributed by atoms with Crippen molar-refractivity contribution >= 4 is 24.2 Å². The summed E-state index contributed by atoms with van der Waals surface area (Å²) in [5.41, 5.74) is 1.02. The molecule has 0 atom stereocenters. The average molecular weight is 300 g/mol. The third-order valence-corrected chi connectivity index (χ3v) is 3.28. The van der Waals surface area contributed by atoms with Gasteiger partial charge in [0.05, 0.1) is 12.8 Å². The second kappa shape index (κ2) is 7.40. The SMILES string of the molecule is CCSc1nc(CC)n(-c2ccc(OC)cc2)n1.Cl. The van der Waals surface area contributed by atoms with Crippen LogP contribution in [-0.2, 0) is 6.42 Å². The number of halogens is 1. The fourth-order valence-electron chi connectivity index (χ4n) is 1.67. The Morgan fingerprint density at radius 2 is 1.89 bits per heavy atom. The molecule has 2 aromatic rings. The lowest BCUT2D eigenvalue weighted by Gasteiger charge is -2.05. The second-order valence-corrected chi connectivity index (χ2v) is 4.94. The van der Waals surface area contributed by atoms with E-state index in [1.165, 1.54) is 0 Å². The van der Waals surface area contributed by atoms with E-state index in [-0.39, 0.29) is 12.4 Å². The van der Waals surface area contributed by atoms with E-state index < -0.39 is 0 Å². The van der Waals surface area contributed by atoms with Crippen LogP contribution in [0.25, 0.3) is 5.69 Å². The zero-order valence-corrected chi connectivity index (χ0v) is 12.9. The molecule has 0 aliphatic rings. The molecule has 6 heteroatoms. The van der Waals surface area contributed by atoms with Gasteiger partial charge in [-0.15, -0.1) is 17.5 Å². The number of aromatic nitrogens is 3. The standard InChI is InChI=1S/C13H17N3OS.ClH/c1-4-12-14-13(18-5-2)15-16(12)10-6-8-11(17-3)9-7-10;/h6-9H,4-5H2,1-3H3;1H. The summed E-state index contributed by atoms with van der Waals surface area (Å²) < 4.78 is 7.06. The second-order valence-electron chi connectivity index (χ2n) is 3.71. The molecule has 0 bridgehead atoms. The number of hydrogen-bond acceptors (Lipinski definition) is 4. The number of ether oxygens (including phenoxy) is 1. The first-order valence-electron chi connectivity index (χ1n) is 6.01. The number of nitrogens with zero attached hydrogens (tertiary/aromatic N) is 3. The fraction of sp³-hybridized carbons (Fsp3) is 0.385. The highest BCUT2D eigenvalue weighted by Gasteiger charge is 2.09. The molecule has 1 aromatic heterocycles. The van der Waals surface area contributed by atoms with Crippen molar-refractivity contribution < 1.29 is 4.74 Å². The van der Waals surface area contributed by atoms with Gasteiger partial charge < -0.3 is 4.74 Å². The molecule has 0 aliphatic heterocycles. The lowest BCUT2D eigenvalue weighted by atomic mass is 10.3. The van der Waals surface area contributed by atoms with E-state index in [1.54, 1.807) is 18.9 Å². The van der Waals surface area contributed by atoms with Crippen molar-refractivity contribution in [1.29, 1.82) is 0 Å². The molecule has 0 fully saturated rings. The highest BCUT2D eigenvalue weighted by molar-refractivity contribution is 7.99. The lowest BCUT2D eigenvalue weighted by molar-refractivity contribution is 0.414. The maximum absolute atomic E-state index is 5.16. The number of rotatable bonds is 5. The average Bonchev–Trinajstić information content (AvgIpc) is 2.82. The van der Waals surface area contributed by atoms with Crippen LogP contribution in [0, 0.1) is 0 Å². The van der Waals surface area contributed by atoms with Crippen LogP contribution in [0.5, 0.6) is 5.75 Å². The van der Waals surface area contributed by atoms with Crippen LogP contribution in [0.4, 0.5) is 0 Å². The summed E-state index contributed by atoms with van der Waals surface area (Å²) in [7, 11) is 1.66. The Labute approximate surface area is 124 Å². The summed E-state index contributed by atoms with van der Waals surface area (Å²) in [4.78, 5) is 4.52. The van der Waals surface area contributed by atoms with Crippen molar-refractivity contribution in [2.75, 3.05) is 12.9 Å². The maximum Gasteiger partial charge on any atom is 0.209 e. The molecule has 19 heavy (non-hydrogen) atoms. The van der Waals surface area contributed by atoms with Crippen LogP contribution in [0.2, 0.25) is 0 Å².